The van der Waals surface area contributed by atoms with E-state index in [4.69, 9.17) is 31.5 Å². The smallest absolute Gasteiger partial charge is 0.169 e. The summed E-state index contributed by atoms with van der Waals surface area (Å²) in [6, 6.07) is 5.60. The Morgan fingerprint density at radius 3 is 2.32 bits per heavy atom. The van der Waals surface area contributed by atoms with E-state index in [0.717, 1.165) is 11.3 Å². The zero-order valence-electron chi connectivity index (χ0n) is 11.5. The second kappa shape index (κ2) is 5.29. The molecule has 0 atom stereocenters. The quantitative estimate of drug-likeness (QED) is 0.844. The third-order valence-electron chi connectivity index (χ3n) is 4.08. The van der Waals surface area contributed by atoms with E-state index in [-0.39, 0.29) is 5.41 Å². The maximum absolute atomic E-state index is 6.10. The van der Waals surface area contributed by atoms with E-state index in [9.17, 15) is 0 Å². The Kier molecular flexibility index (Phi) is 4.06. The van der Waals surface area contributed by atoms with Crippen LogP contribution in [0.2, 0.25) is 5.02 Å². The predicted molar refractivity (Wildman–Crippen MR) is 74.7 cm³/mol. The van der Waals surface area contributed by atoms with E-state index in [0.29, 0.717) is 24.4 Å². The molecule has 1 aliphatic carbocycles. The second-order valence-corrected chi connectivity index (χ2v) is 5.44. The molecular formula is C14H20ClNO3. The normalized spacial score (nSPS) is 19.8. The Balaban J connectivity index is 2.37. The van der Waals surface area contributed by atoms with Crippen molar-refractivity contribution in [2.45, 2.75) is 24.0 Å². The van der Waals surface area contributed by atoms with Crippen molar-refractivity contribution in [3.8, 4) is 5.75 Å². The summed E-state index contributed by atoms with van der Waals surface area (Å²) in [6.45, 7) is 0.498. The summed E-state index contributed by atoms with van der Waals surface area (Å²) in [6.07, 6.45) is 1.39. The SMILES string of the molecule is COc1ccc(Cl)cc1C1(CN)CC(OC)(OC)C1. The van der Waals surface area contributed by atoms with E-state index in [1.807, 2.05) is 18.2 Å². The highest BCUT2D eigenvalue weighted by atomic mass is 35.5. The molecule has 1 saturated carbocycles. The molecule has 4 nitrogen and oxygen atoms in total. The molecule has 0 aliphatic heterocycles. The lowest BCUT2D eigenvalue weighted by molar-refractivity contribution is -0.277. The Morgan fingerprint density at radius 1 is 1.21 bits per heavy atom. The van der Waals surface area contributed by atoms with E-state index >= 15 is 0 Å². The maximum Gasteiger partial charge on any atom is 0.169 e. The van der Waals surface area contributed by atoms with Crippen molar-refractivity contribution in [3.05, 3.63) is 28.8 Å². The molecule has 2 N–H and O–H groups in total. The highest BCUT2D eigenvalue weighted by molar-refractivity contribution is 6.30. The fraction of sp³-hybridized carbons (Fsp3) is 0.571. The molecule has 0 radical (unpaired) electrons. The highest BCUT2D eigenvalue weighted by Gasteiger charge is 2.57. The van der Waals surface area contributed by atoms with Gasteiger partial charge in [-0.15, -0.1) is 0 Å². The minimum absolute atomic E-state index is 0.206. The van der Waals surface area contributed by atoms with Crippen LogP contribution in [-0.4, -0.2) is 33.7 Å². The molecule has 5 heteroatoms. The van der Waals surface area contributed by atoms with Crippen LogP contribution >= 0.6 is 11.6 Å². The molecule has 0 unspecified atom stereocenters. The molecule has 0 bridgehead atoms. The van der Waals surface area contributed by atoms with Crippen LogP contribution in [0, 0.1) is 0 Å². The first-order valence-corrected chi connectivity index (χ1v) is 6.57. The molecule has 2 rings (SSSR count). The lowest BCUT2D eigenvalue weighted by Gasteiger charge is -2.54. The summed E-state index contributed by atoms with van der Waals surface area (Å²) in [5, 5.41) is 0.677. The summed E-state index contributed by atoms with van der Waals surface area (Å²) in [5.74, 6) is 0.253. The maximum atomic E-state index is 6.10. The molecule has 0 heterocycles. The van der Waals surface area contributed by atoms with Crippen LogP contribution in [0.25, 0.3) is 0 Å². The van der Waals surface area contributed by atoms with Gasteiger partial charge in [0.05, 0.1) is 7.11 Å². The van der Waals surface area contributed by atoms with Gasteiger partial charge in [0.25, 0.3) is 0 Å². The molecule has 1 fully saturated rings. The van der Waals surface area contributed by atoms with Gasteiger partial charge in [0.2, 0.25) is 0 Å². The Morgan fingerprint density at radius 2 is 1.84 bits per heavy atom. The van der Waals surface area contributed by atoms with Crippen molar-refractivity contribution in [2.75, 3.05) is 27.9 Å². The first-order valence-electron chi connectivity index (χ1n) is 6.19. The van der Waals surface area contributed by atoms with Crippen molar-refractivity contribution >= 4 is 11.6 Å². The van der Waals surface area contributed by atoms with Crippen LogP contribution in [0.3, 0.4) is 0 Å². The van der Waals surface area contributed by atoms with Gasteiger partial charge in [-0.1, -0.05) is 11.6 Å². The predicted octanol–water partition coefficient (Wildman–Crippen LogP) is 2.33. The lowest BCUT2D eigenvalue weighted by Crippen LogP contribution is -2.60. The summed E-state index contributed by atoms with van der Waals surface area (Å²) in [5.41, 5.74) is 6.81. The van der Waals surface area contributed by atoms with E-state index < -0.39 is 5.79 Å². The number of hydrogen-bond acceptors (Lipinski definition) is 4. The molecule has 0 spiro atoms. The van der Waals surface area contributed by atoms with Crippen molar-refractivity contribution in [1.82, 2.24) is 0 Å². The molecule has 0 aromatic heterocycles. The van der Waals surface area contributed by atoms with Crippen LogP contribution in [0.4, 0.5) is 0 Å². The highest BCUT2D eigenvalue weighted by Crippen LogP contribution is 2.54. The molecule has 0 amide bonds. The van der Waals surface area contributed by atoms with Gasteiger partial charge in [-0.2, -0.15) is 0 Å². The molecular weight excluding hydrogens is 266 g/mol. The van der Waals surface area contributed by atoms with Crippen LogP contribution < -0.4 is 10.5 Å². The van der Waals surface area contributed by atoms with Crippen molar-refractivity contribution in [2.24, 2.45) is 5.73 Å². The molecule has 1 aliphatic rings. The van der Waals surface area contributed by atoms with Gasteiger partial charge in [0, 0.05) is 49.6 Å². The number of hydrogen-bond donors (Lipinski definition) is 1. The fourth-order valence-corrected chi connectivity index (χ4v) is 3.06. The van der Waals surface area contributed by atoms with E-state index in [2.05, 4.69) is 0 Å². The van der Waals surface area contributed by atoms with Gasteiger partial charge >= 0.3 is 0 Å². The van der Waals surface area contributed by atoms with Crippen LogP contribution in [0.5, 0.6) is 5.75 Å². The van der Waals surface area contributed by atoms with Gasteiger partial charge in [-0.3, -0.25) is 0 Å². The standard InChI is InChI=1S/C14H20ClNO3/c1-17-12-5-4-10(15)6-11(12)13(9-16)7-14(8-13,18-2)19-3/h4-6H,7-9,16H2,1-3H3. The summed E-state index contributed by atoms with van der Waals surface area (Å²) in [7, 11) is 4.95. The number of nitrogens with two attached hydrogens (primary N) is 1. The number of benzene rings is 1. The summed E-state index contributed by atoms with van der Waals surface area (Å²) < 4.78 is 16.3. The Labute approximate surface area is 118 Å². The number of methoxy groups -OCH3 is 3. The van der Waals surface area contributed by atoms with E-state index in [1.165, 1.54) is 0 Å². The largest absolute Gasteiger partial charge is 0.496 e. The van der Waals surface area contributed by atoms with Crippen LogP contribution in [0.1, 0.15) is 18.4 Å². The fourth-order valence-electron chi connectivity index (χ4n) is 2.89. The average Bonchev–Trinajstić information content (AvgIpc) is 2.40. The van der Waals surface area contributed by atoms with Gasteiger partial charge in [-0.05, 0) is 18.2 Å². The number of halogens is 1. The van der Waals surface area contributed by atoms with Gasteiger partial charge < -0.3 is 19.9 Å². The van der Waals surface area contributed by atoms with E-state index in [1.54, 1.807) is 21.3 Å². The molecule has 1 aromatic rings. The minimum Gasteiger partial charge on any atom is -0.496 e. The molecule has 1 aromatic carbocycles. The summed E-state index contributed by atoms with van der Waals surface area (Å²) in [4.78, 5) is 0. The van der Waals surface area contributed by atoms with Gasteiger partial charge in [-0.25, -0.2) is 0 Å². The monoisotopic (exact) mass is 285 g/mol. The van der Waals surface area contributed by atoms with Crippen LogP contribution in [0.15, 0.2) is 18.2 Å². The zero-order chi connectivity index (χ0) is 14.1. The number of ether oxygens (including phenoxy) is 3. The first kappa shape index (κ1) is 14.6. The van der Waals surface area contributed by atoms with Crippen molar-refractivity contribution in [3.63, 3.8) is 0 Å². The molecule has 19 heavy (non-hydrogen) atoms. The molecule has 106 valence electrons. The van der Waals surface area contributed by atoms with Gasteiger partial charge in [0.15, 0.2) is 5.79 Å². The average molecular weight is 286 g/mol. The van der Waals surface area contributed by atoms with Gasteiger partial charge in [0.1, 0.15) is 5.75 Å². The third kappa shape index (κ3) is 2.34. The van der Waals surface area contributed by atoms with Crippen molar-refractivity contribution < 1.29 is 14.2 Å². The zero-order valence-corrected chi connectivity index (χ0v) is 12.3. The lowest BCUT2D eigenvalue weighted by atomic mass is 9.60. The topological polar surface area (TPSA) is 53.7 Å². The third-order valence-corrected chi connectivity index (χ3v) is 4.32. The van der Waals surface area contributed by atoms with Crippen molar-refractivity contribution in [1.29, 1.82) is 0 Å². The molecule has 0 saturated heterocycles. The second-order valence-electron chi connectivity index (χ2n) is 5.00. The first-order chi connectivity index (χ1) is 9.04. The van der Waals surface area contributed by atoms with Crippen LogP contribution in [-0.2, 0) is 14.9 Å². The minimum atomic E-state index is -0.549. The Hall–Kier alpha value is -0.810. The summed E-state index contributed by atoms with van der Waals surface area (Å²) >= 11 is 6.10. The Bertz CT molecular complexity index is 452. The number of rotatable bonds is 5.